The molecule has 1 heterocycles. The molecule has 1 aromatic heterocycles. The number of pyridine rings is 1. The molecule has 0 radical (unpaired) electrons. The maximum Gasteiger partial charge on any atom is 0.136 e. The van der Waals surface area contributed by atoms with E-state index in [1.54, 1.807) is 18.2 Å². The Morgan fingerprint density at radius 1 is 1.04 bits per heavy atom. The molecule has 3 aromatic rings. The smallest absolute Gasteiger partial charge is 0.136 e. The molecule has 0 bridgehead atoms. The highest BCUT2D eigenvalue weighted by molar-refractivity contribution is 7.90. The molecule has 2 aromatic carbocycles. The zero-order valence-electron chi connectivity index (χ0n) is 15.7. The van der Waals surface area contributed by atoms with Crippen LogP contribution in [0.1, 0.15) is 39.3 Å². The molecule has 6 heteroatoms. The lowest BCUT2D eigenvalue weighted by atomic mass is 9.99. The van der Waals surface area contributed by atoms with Gasteiger partial charge >= 0.3 is 0 Å². The Morgan fingerprint density at radius 3 is 2.41 bits per heavy atom. The molecule has 142 valence electrons. The number of benzene rings is 2. The first-order valence-electron chi connectivity index (χ1n) is 8.69. The monoisotopic (exact) mass is 388 g/mol. The first-order chi connectivity index (χ1) is 12.6. The van der Waals surface area contributed by atoms with Crippen LogP contribution in [0.25, 0.3) is 22.2 Å². The Balaban J connectivity index is 2.14. The molecule has 0 saturated heterocycles. The summed E-state index contributed by atoms with van der Waals surface area (Å²) in [6.07, 6.45) is 0. The molecular weight excluding hydrogens is 366 g/mol. The van der Waals surface area contributed by atoms with Crippen LogP contribution < -0.4 is 4.72 Å². The van der Waals surface area contributed by atoms with Gasteiger partial charge < -0.3 is 4.55 Å². The van der Waals surface area contributed by atoms with Crippen molar-refractivity contribution in [1.29, 1.82) is 0 Å². The number of rotatable bonds is 4. The van der Waals surface area contributed by atoms with Gasteiger partial charge in [0.25, 0.3) is 0 Å². The minimum absolute atomic E-state index is 0.301. The maximum absolute atomic E-state index is 13.8. The maximum atomic E-state index is 13.8. The summed E-state index contributed by atoms with van der Waals surface area (Å²) in [5.74, 6) is -0.758. The third kappa shape index (κ3) is 4.46. The van der Waals surface area contributed by atoms with Crippen LogP contribution in [0.2, 0.25) is 0 Å². The first-order valence-corrected chi connectivity index (χ1v) is 9.84. The predicted molar refractivity (Wildman–Crippen MR) is 107 cm³/mol. The van der Waals surface area contributed by atoms with E-state index in [0.717, 1.165) is 10.9 Å². The van der Waals surface area contributed by atoms with Crippen molar-refractivity contribution in [2.24, 2.45) is 0 Å². The van der Waals surface area contributed by atoms with Crippen LogP contribution in [0.3, 0.4) is 0 Å². The van der Waals surface area contributed by atoms with Crippen molar-refractivity contribution in [2.45, 2.75) is 38.5 Å². The van der Waals surface area contributed by atoms with Gasteiger partial charge in [-0.1, -0.05) is 12.1 Å². The predicted octanol–water partition coefficient (Wildman–Crippen LogP) is 5.29. The number of halogens is 2. The number of fused-ring (bicyclic) bond motifs is 1. The van der Waals surface area contributed by atoms with Gasteiger partial charge in [-0.25, -0.2) is 13.8 Å². The van der Waals surface area contributed by atoms with Gasteiger partial charge in [-0.2, -0.15) is 0 Å². The van der Waals surface area contributed by atoms with Gasteiger partial charge in [-0.15, -0.1) is 4.72 Å². The number of hydrogen-bond donors (Lipinski definition) is 1. The number of nitrogens with one attached hydrogen (secondary N) is 1. The van der Waals surface area contributed by atoms with Gasteiger partial charge in [0.05, 0.1) is 17.3 Å². The number of hydrogen-bond acceptors (Lipinski definition) is 3. The van der Waals surface area contributed by atoms with E-state index in [-0.39, 0.29) is 17.7 Å². The fraction of sp³-hybridized carbons (Fsp3) is 0.286. The Morgan fingerprint density at radius 2 is 1.74 bits per heavy atom. The standard InChI is InChI=1S/C21H22F2N2OS/c1-13(25-27(26)21(2,3)4)18-11-14-8-9-17(23)12-19(14)24-20(18)15-6-5-7-16(22)10-15/h5-13,25H,1-4H3/t13-,27+/m0/s1. The summed E-state index contributed by atoms with van der Waals surface area (Å²) in [6, 6.07) is 12.1. The van der Waals surface area contributed by atoms with Crippen molar-refractivity contribution in [3.8, 4) is 11.3 Å². The molecular formula is C21H22F2N2OS. The second-order valence-corrected chi connectivity index (χ2v) is 9.49. The molecule has 3 rings (SSSR count). The van der Waals surface area contributed by atoms with Crippen LogP contribution in [0.5, 0.6) is 0 Å². The highest BCUT2D eigenvalue weighted by atomic mass is 32.2. The molecule has 0 aliphatic heterocycles. The van der Waals surface area contributed by atoms with Gasteiger partial charge in [-0.05, 0) is 58.0 Å². The van der Waals surface area contributed by atoms with Gasteiger partial charge in [0.2, 0.25) is 0 Å². The molecule has 1 N–H and O–H groups in total. The summed E-state index contributed by atoms with van der Waals surface area (Å²) in [7, 11) is 0. The zero-order chi connectivity index (χ0) is 19.8. The van der Waals surface area contributed by atoms with E-state index in [0.29, 0.717) is 16.8 Å². The normalized spacial score (nSPS) is 14.3. The largest absolute Gasteiger partial charge is 0.598 e. The molecule has 0 aliphatic carbocycles. The molecule has 0 aliphatic rings. The van der Waals surface area contributed by atoms with Gasteiger partial charge in [-0.3, -0.25) is 0 Å². The Kier molecular flexibility index (Phi) is 5.51. The average Bonchev–Trinajstić information content (AvgIpc) is 2.59. The lowest BCUT2D eigenvalue weighted by Crippen LogP contribution is -2.40. The molecule has 0 fully saturated rings. The molecule has 0 saturated carbocycles. The first kappa shape index (κ1) is 19.7. The third-order valence-electron chi connectivity index (χ3n) is 4.21. The summed E-state index contributed by atoms with van der Waals surface area (Å²) in [5, 5.41) is 0.766. The van der Waals surface area contributed by atoms with Crippen molar-refractivity contribution in [3.05, 3.63) is 65.7 Å². The minimum atomic E-state index is -1.29. The van der Waals surface area contributed by atoms with Crippen LogP contribution in [0.4, 0.5) is 8.78 Å². The SMILES string of the molecule is C[C@H](N[S@+]([O-])C(C)(C)C)c1cc2ccc(F)cc2nc1-c1cccc(F)c1. The lowest BCUT2D eigenvalue weighted by molar-refractivity contribution is 0.531. The van der Waals surface area contributed by atoms with E-state index in [1.165, 1.54) is 24.3 Å². The topological polar surface area (TPSA) is 48.0 Å². The summed E-state index contributed by atoms with van der Waals surface area (Å²) < 4.78 is 42.6. The van der Waals surface area contributed by atoms with Gasteiger partial charge in [0.15, 0.2) is 0 Å². The van der Waals surface area contributed by atoms with Crippen molar-refractivity contribution in [2.75, 3.05) is 0 Å². The van der Waals surface area contributed by atoms with Gasteiger partial charge in [0, 0.05) is 33.9 Å². The molecule has 0 unspecified atom stereocenters. The summed E-state index contributed by atoms with van der Waals surface area (Å²) in [5.41, 5.74) is 2.39. The lowest BCUT2D eigenvalue weighted by Gasteiger charge is -2.27. The minimum Gasteiger partial charge on any atom is -0.598 e. The Hall–Kier alpha value is -2.02. The van der Waals surface area contributed by atoms with Crippen LogP contribution >= 0.6 is 0 Å². The molecule has 0 amide bonds. The van der Waals surface area contributed by atoms with Crippen molar-refractivity contribution >= 4 is 22.3 Å². The second kappa shape index (κ2) is 7.54. The Labute approximate surface area is 161 Å². The van der Waals surface area contributed by atoms with Crippen molar-refractivity contribution in [1.82, 2.24) is 9.71 Å². The molecule has 0 spiro atoms. The van der Waals surface area contributed by atoms with E-state index in [2.05, 4.69) is 9.71 Å². The highest BCUT2D eigenvalue weighted by Gasteiger charge is 2.29. The zero-order valence-corrected chi connectivity index (χ0v) is 16.5. The highest BCUT2D eigenvalue weighted by Crippen LogP contribution is 2.31. The quantitative estimate of drug-likeness (QED) is 0.618. The molecule has 27 heavy (non-hydrogen) atoms. The summed E-state index contributed by atoms with van der Waals surface area (Å²) in [4.78, 5) is 4.59. The molecule has 2 atom stereocenters. The van der Waals surface area contributed by atoms with Crippen molar-refractivity contribution < 1.29 is 13.3 Å². The summed E-state index contributed by atoms with van der Waals surface area (Å²) >= 11 is -1.29. The van der Waals surface area contributed by atoms with E-state index >= 15 is 0 Å². The van der Waals surface area contributed by atoms with Crippen LogP contribution in [0, 0.1) is 11.6 Å². The van der Waals surface area contributed by atoms with Gasteiger partial charge in [0.1, 0.15) is 16.4 Å². The fourth-order valence-corrected chi connectivity index (χ4v) is 3.56. The Bertz CT molecular complexity index is 972. The van der Waals surface area contributed by atoms with Crippen LogP contribution in [-0.2, 0) is 11.4 Å². The second-order valence-electron chi connectivity index (χ2n) is 7.49. The van der Waals surface area contributed by atoms with E-state index < -0.39 is 16.1 Å². The third-order valence-corrected chi connectivity index (χ3v) is 5.89. The van der Waals surface area contributed by atoms with Crippen LogP contribution in [-0.4, -0.2) is 14.3 Å². The number of nitrogens with zero attached hydrogens (tertiary/aromatic N) is 1. The van der Waals surface area contributed by atoms with E-state index in [9.17, 15) is 13.3 Å². The van der Waals surface area contributed by atoms with Crippen molar-refractivity contribution in [3.63, 3.8) is 0 Å². The fourth-order valence-electron chi connectivity index (χ4n) is 2.75. The van der Waals surface area contributed by atoms with E-state index in [1.807, 2.05) is 33.8 Å². The van der Waals surface area contributed by atoms with E-state index in [4.69, 9.17) is 0 Å². The molecule has 3 nitrogen and oxygen atoms in total. The van der Waals surface area contributed by atoms with Crippen LogP contribution in [0.15, 0.2) is 48.5 Å². The summed E-state index contributed by atoms with van der Waals surface area (Å²) in [6.45, 7) is 7.55. The average molecular weight is 388 g/mol. The number of aromatic nitrogens is 1.